The van der Waals surface area contributed by atoms with Crippen LogP contribution in [0.2, 0.25) is 0 Å². The molecule has 0 aromatic heterocycles. The molecule has 2 nitrogen and oxygen atoms in total. The normalized spacial score (nSPS) is 17.6. The lowest BCUT2D eigenvalue weighted by Gasteiger charge is -2.32. The Bertz CT molecular complexity index is 884. The Kier molecular flexibility index (Phi) is 5.61. The first kappa shape index (κ1) is 20.3. The summed E-state index contributed by atoms with van der Waals surface area (Å²) in [6.07, 6.45) is 0. The van der Waals surface area contributed by atoms with Crippen LogP contribution in [0.15, 0.2) is 89.8 Å². The topological polar surface area (TPSA) is 18.5 Å². The van der Waals surface area contributed by atoms with E-state index in [4.69, 9.17) is 9.31 Å². The number of hydrogen-bond donors (Lipinski definition) is 0. The molecule has 0 amide bonds. The molecule has 1 saturated heterocycles. The average Bonchev–Trinajstić information content (AvgIpc) is 2.95. The maximum absolute atomic E-state index is 6.18. The van der Waals surface area contributed by atoms with E-state index >= 15 is 0 Å². The van der Waals surface area contributed by atoms with Gasteiger partial charge in [-0.15, -0.1) is 11.8 Å². The molecule has 0 N–H and O–H groups in total. The summed E-state index contributed by atoms with van der Waals surface area (Å²) < 4.78 is 12.4. The Balaban J connectivity index is 1.55. The zero-order valence-corrected chi connectivity index (χ0v) is 18.3. The van der Waals surface area contributed by atoms with Crippen molar-refractivity contribution in [2.45, 2.75) is 49.0 Å². The van der Waals surface area contributed by atoms with Gasteiger partial charge in [-0.1, -0.05) is 72.8 Å². The van der Waals surface area contributed by atoms with Crippen LogP contribution in [-0.4, -0.2) is 18.3 Å². The highest BCUT2D eigenvalue weighted by Crippen LogP contribution is 2.40. The Morgan fingerprint density at radius 1 is 0.655 bits per heavy atom. The van der Waals surface area contributed by atoms with Gasteiger partial charge in [0.15, 0.2) is 0 Å². The molecule has 3 aromatic carbocycles. The molecule has 1 aliphatic heterocycles. The summed E-state index contributed by atoms with van der Waals surface area (Å²) in [5, 5.41) is 0.250. The highest BCUT2D eigenvalue weighted by Gasteiger charge is 2.51. The largest absolute Gasteiger partial charge is 0.494 e. The van der Waals surface area contributed by atoms with Crippen LogP contribution in [0.5, 0.6) is 0 Å². The fourth-order valence-electron chi connectivity index (χ4n) is 3.40. The van der Waals surface area contributed by atoms with Crippen molar-refractivity contribution in [1.29, 1.82) is 0 Å². The minimum absolute atomic E-state index is 0.250. The van der Waals surface area contributed by atoms with Crippen LogP contribution in [0.4, 0.5) is 0 Å². The lowest BCUT2D eigenvalue weighted by molar-refractivity contribution is 0.00578. The summed E-state index contributed by atoms with van der Waals surface area (Å²) in [5.74, 6) is 0. The lowest BCUT2D eigenvalue weighted by Crippen LogP contribution is -2.41. The molecule has 0 atom stereocenters. The zero-order valence-electron chi connectivity index (χ0n) is 17.5. The van der Waals surface area contributed by atoms with Crippen molar-refractivity contribution in [3.63, 3.8) is 0 Å². The van der Waals surface area contributed by atoms with Gasteiger partial charge in [0.05, 0.1) is 16.5 Å². The average molecular weight is 402 g/mol. The van der Waals surface area contributed by atoms with Crippen molar-refractivity contribution in [3.8, 4) is 0 Å². The van der Waals surface area contributed by atoms with E-state index in [2.05, 4.69) is 113 Å². The Labute approximate surface area is 178 Å². The van der Waals surface area contributed by atoms with Crippen molar-refractivity contribution in [2.24, 2.45) is 0 Å². The van der Waals surface area contributed by atoms with Crippen LogP contribution in [0, 0.1) is 0 Å². The van der Waals surface area contributed by atoms with Crippen LogP contribution in [0.3, 0.4) is 0 Å². The van der Waals surface area contributed by atoms with Gasteiger partial charge in [0.1, 0.15) is 0 Å². The van der Waals surface area contributed by atoms with E-state index in [1.807, 2.05) is 11.8 Å². The summed E-state index contributed by atoms with van der Waals surface area (Å²) in [6.45, 7) is 8.34. The van der Waals surface area contributed by atoms with E-state index < -0.39 is 0 Å². The summed E-state index contributed by atoms with van der Waals surface area (Å²) in [4.78, 5) is 1.22. The molecule has 3 aromatic rings. The minimum Gasteiger partial charge on any atom is -0.399 e. The number of benzene rings is 3. The molecule has 4 heteroatoms. The molecule has 0 bridgehead atoms. The van der Waals surface area contributed by atoms with E-state index in [-0.39, 0.29) is 23.6 Å². The first-order valence-corrected chi connectivity index (χ1v) is 11.0. The predicted molar refractivity (Wildman–Crippen MR) is 123 cm³/mol. The highest BCUT2D eigenvalue weighted by atomic mass is 32.2. The minimum atomic E-state index is -0.323. The van der Waals surface area contributed by atoms with Crippen LogP contribution in [0.25, 0.3) is 0 Å². The van der Waals surface area contributed by atoms with Gasteiger partial charge in [-0.05, 0) is 56.4 Å². The maximum atomic E-state index is 6.18. The molecule has 4 rings (SSSR count). The monoisotopic (exact) mass is 402 g/mol. The van der Waals surface area contributed by atoms with E-state index in [0.717, 1.165) is 5.46 Å². The Morgan fingerprint density at radius 3 is 1.55 bits per heavy atom. The molecule has 1 aliphatic rings. The Morgan fingerprint density at radius 2 is 1.10 bits per heavy atom. The van der Waals surface area contributed by atoms with E-state index in [1.54, 1.807) is 0 Å². The lowest BCUT2D eigenvalue weighted by atomic mass is 9.79. The molecule has 0 spiro atoms. The first-order chi connectivity index (χ1) is 13.9. The van der Waals surface area contributed by atoms with Gasteiger partial charge >= 0.3 is 7.12 Å². The van der Waals surface area contributed by atoms with Crippen molar-refractivity contribution >= 4 is 24.3 Å². The van der Waals surface area contributed by atoms with E-state index in [0.29, 0.717) is 0 Å². The third kappa shape index (κ3) is 4.30. The van der Waals surface area contributed by atoms with Gasteiger partial charge in [0.2, 0.25) is 0 Å². The number of rotatable bonds is 5. The van der Waals surface area contributed by atoms with Crippen LogP contribution >= 0.6 is 11.8 Å². The molecule has 1 fully saturated rings. The van der Waals surface area contributed by atoms with Crippen molar-refractivity contribution in [2.75, 3.05) is 0 Å². The summed E-state index contributed by atoms with van der Waals surface area (Å²) in [5.41, 5.74) is 3.02. The van der Waals surface area contributed by atoms with Crippen LogP contribution < -0.4 is 5.46 Å². The zero-order chi connectivity index (χ0) is 20.5. The summed E-state index contributed by atoms with van der Waals surface area (Å²) >= 11 is 1.86. The number of thioether (sulfide) groups is 1. The fraction of sp³-hybridized carbons (Fsp3) is 0.280. The second-order valence-electron chi connectivity index (χ2n) is 8.48. The predicted octanol–water partition coefficient (Wildman–Crippen LogP) is 5.87. The molecular weight excluding hydrogens is 375 g/mol. The standard InChI is InChI=1S/C25H27BO2S/c1-24(2)25(3,4)28-26(27-24)21-15-17-22(18-16-21)29-23(19-11-7-5-8-12-19)20-13-9-6-10-14-20/h5-18,23H,1-4H3. The first-order valence-electron chi connectivity index (χ1n) is 10.1. The highest BCUT2D eigenvalue weighted by molar-refractivity contribution is 7.99. The van der Waals surface area contributed by atoms with Gasteiger partial charge in [0, 0.05) is 4.90 Å². The third-order valence-corrected chi connectivity index (χ3v) is 7.19. The molecule has 29 heavy (non-hydrogen) atoms. The quantitative estimate of drug-likeness (QED) is 0.393. The summed E-state index contributed by atoms with van der Waals surface area (Å²) in [7, 11) is -0.321. The number of hydrogen-bond acceptors (Lipinski definition) is 3. The molecular formula is C25H27BO2S. The molecule has 0 radical (unpaired) electrons. The van der Waals surface area contributed by atoms with E-state index in [1.165, 1.54) is 16.0 Å². The third-order valence-electron chi connectivity index (χ3n) is 5.86. The van der Waals surface area contributed by atoms with Gasteiger partial charge in [-0.25, -0.2) is 0 Å². The smallest absolute Gasteiger partial charge is 0.399 e. The van der Waals surface area contributed by atoms with Crippen LogP contribution in [-0.2, 0) is 9.31 Å². The molecule has 1 heterocycles. The van der Waals surface area contributed by atoms with Gasteiger partial charge in [0.25, 0.3) is 0 Å². The fourth-order valence-corrected chi connectivity index (χ4v) is 4.55. The van der Waals surface area contributed by atoms with Gasteiger partial charge < -0.3 is 9.31 Å². The summed E-state index contributed by atoms with van der Waals surface area (Å²) in [6, 6.07) is 29.9. The van der Waals surface area contributed by atoms with Crippen molar-refractivity contribution < 1.29 is 9.31 Å². The molecule has 148 valence electrons. The van der Waals surface area contributed by atoms with Gasteiger partial charge in [-0.3, -0.25) is 0 Å². The molecule has 0 aliphatic carbocycles. The van der Waals surface area contributed by atoms with Crippen LogP contribution in [0.1, 0.15) is 44.1 Å². The second kappa shape index (κ2) is 8.02. The van der Waals surface area contributed by atoms with E-state index in [9.17, 15) is 0 Å². The molecule has 0 saturated carbocycles. The second-order valence-corrected chi connectivity index (χ2v) is 9.66. The van der Waals surface area contributed by atoms with Gasteiger partial charge in [-0.2, -0.15) is 0 Å². The SMILES string of the molecule is CC1(C)OB(c2ccc(SC(c3ccccc3)c3ccccc3)cc2)OC1(C)C. The Hall–Kier alpha value is -2.01. The van der Waals surface area contributed by atoms with Crippen molar-refractivity contribution in [3.05, 3.63) is 96.1 Å². The molecule has 0 unspecified atom stereocenters. The van der Waals surface area contributed by atoms with Crippen molar-refractivity contribution in [1.82, 2.24) is 0 Å². The maximum Gasteiger partial charge on any atom is 0.494 e.